The van der Waals surface area contributed by atoms with E-state index in [1.54, 1.807) is 0 Å². The minimum Gasteiger partial charge on any atom is -0.276 e. The van der Waals surface area contributed by atoms with Gasteiger partial charge in [-0.3, -0.25) is 4.79 Å². The second-order valence-electron chi connectivity index (χ2n) is 1.70. The first-order valence-corrected chi connectivity index (χ1v) is 3.07. The Balaban J connectivity index is 2.90. The zero-order valence-corrected chi connectivity index (χ0v) is 5.47. The number of nitrogens with zero attached hydrogens (tertiary/aromatic N) is 1. The molecule has 0 saturated carbocycles. The molecule has 0 rings (SSSR count). The summed E-state index contributed by atoms with van der Waals surface area (Å²) >= 11 is 0. The lowest BCUT2D eigenvalue weighted by Crippen LogP contribution is -1.76. The van der Waals surface area contributed by atoms with Gasteiger partial charge in [-0.1, -0.05) is 19.8 Å². The van der Waals surface area contributed by atoms with E-state index in [0.29, 0.717) is 6.41 Å². The van der Waals surface area contributed by atoms with Crippen LogP contribution in [0.25, 0.3) is 0 Å². The van der Waals surface area contributed by atoms with Gasteiger partial charge < -0.3 is 0 Å². The zero-order chi connectivity index (χ0) is 6.95. The molecule has 0 N–H and O–H groups in total. The minimum atomic E-state index is 0.504. The van der Waals surface area contributed by atoms with Crippen LogP contribution in [0, 0.1) is 6.92 Å². The van der Waals surface area contributed by atoms with Crippen molar-refractivity contribution in [2.75, 3.05) is 0 Å². The first-order valence-electron chi connectivity index (χ1n) is 3.07. The molecule has 0 fully saturated rings. The molecule has 0 aliphatic carbocycles. The highest BCUT2D eigenvalue weighted by Crippen LogP contribution is 1.95. The quantitative estimate of drug-likeness (QED) is 0.311. The SMILES string of the molecule is [CH2]CCCC/[C]=N/C=O. The molecule has 0 saturated heterocycles. The van der Waals surface area contributed by atoms with Crippen molar-refractivity contribution in [3.8, 4) is 0 Å². The lowest BCUT2D eigenvalue weighted by molar-refractivity contribution is -0.106. The molecule has 0 aromatic rings. The summed E-state index contributed by atoms with van der Waals surface area (Å²) in [5, 5.41) is 0. The van der Waals surface area contributed by atoms with Gasteiger partial charge in [-0.2, -0.15) is 0 Å². The molecule has 0 spiro atoms. The molecule has 0 bridgehead atoms. The summed E-state index contributed by atoms with van der Waals surface area (Å²) in [6.45, 7) is 3.68. The topological polar surface area (TPSA) is 29.4 Å². The van der Waals surface area contributed by atoms with E-state index in [9.17, 15) is 4.79 Å². The number of aliphatic imine (C=N–C) groups is 1. The summed E-state index contributed by atoms with van der Waals surface area (Å²) in [4.78, 5) is 12.9. The fourth-order valence-corrected chi connectivity index (χ4v) is 0.483. The third-order valence-corrected chi connectivity index (χ3v) is 0.933. The lowest BCUT2D eigenvalue weighted by atomic mass is 10.2. The molecule has 2 heteroatoms. The van der Waals surface area contributed by atoms with Crippen LogP contribution in [0.4, 0.5) is 0 Å². The van der Waals surface area contributed by atoms with Crippen LogP contribution < -0.4 is 0 Å². The van der Waals surface area contributed by atoms with E-state index in [-0.39, 0.29) is 0 Å². The summed E-state index contributed by atoms with van der Waals surface area (Å²) in [6.07, 6.45) is 6.94. The van der Waals surface area contributed by atoms with Crippen LogP contribution in [0.1, 0.15) is 25.7 Å². The maximum atomic E-state index is 9.60. The molecular weight excluding hydrogens is 114 g/mol. The van der Waals surface area contributed by atoms with Crippen molar-refractivity contribution in [3.63, 3.8) is 0 Å². The van der Waals surface area contributed by atoms with Gasteiger partial charge in [-0.05, 0) is 12.8 Å². The monoisotopic (exact) mass is 125 g/mol. The molecule has 0 unspecified atom stereocenters. The molecule has 50 valence electrons. The van der Waals surface area contributed by atoms with Crippen molar-refractivity contribution in [1.29, 1.82) is 0 Å². The van der Waals surface area contributed by atoms with E-state index in [4.69, 9.17) is 0 Å². The Morgan fingerprint density at radius 3 is 2.89 bits per heavy atom. The maximum absolute atomic E-state index is 9.60. The second-order valence-corrected chi connectivity index (χ2v) is 1.70. The van der Waals surface area contributed by atoms with E-state index in [1.807, 2.05) is 0 Å². The predicted octanol–water partition coefficient (Wildman–Crippen LogP) is 1.49. The van der Waals surface area contributed by atoms with Crippen molar-refractivity contribution in [3.05, 3.63) is 6.92 Å². The van der Waals surface area contributed by atoms with Crippen molar-refractivity contribution in [2.24, 2.45) is 4.99 Å². The molecule has 1 amide bonds. The van der Waals surface area contributed by atoms with Crippen LogP contribution in [0.3, 0.4) is 0 Å². The molecule has 0 aromatic carbocycles. The van der Waals surface area contributed by atoms with Crippen LogP contribution in [0.5, 0.6) is 0 Å². The smallest absolute Gasteiger partial charge is 0.233 e. The van der Waals surface area contributed by atoms with E-state index in [0.717, 1.165) is 25.7 Å². The van der Waals surface area contributed by atoms with Crippen molar-refractivity contribution >= 4 is 12.6 Å². The highest BCUT2D eigenvalue weighted by Gasteiger charge is 1.81. The molecule has 2 nitrogen and oxygen atoms in total. The third-order valence-electron chi connectivity index (χ3n) is 0.933. The van der Waals surface area contributed by atoms with Crippen LogP contribution >= 0.6 is 0 Å². The van der Waals surface area contributed by atoms with Crippen molar-refractivity contribution in [2.45, 2.75) is 25.7 Å². The largest absolute Gasteiger partial charge is 0.276 e. The summed E-state index contributed by atoms with van der Waals surface area (Å²) in [5.41, 5.74) is 0. The molecule has 2 radical (unpaired) electrons. The molecule has 0 aliphatic heterocycles. The highest BCUT2D eigenvalue weighted by molar-refractivity contribution is 5.68. The average molecular weight is 125 g/mol. The standard InChI is InChI=1S/C7H11NO/c1-2-3-4-5-6-8-7-9/h7H,1-5H2. The number of unbranched alkanes of at least 4 members (excludes halogenated alkanes) is 3. The third kappa shape index (κ3) is 7.34. The summed E-state index contributed by atoms with van der Waals surface area (Å²) in [6, 6.07) is 0. The molecule has 0 atom stereocenters. The fraction of sp³-hybridized carbons (Fsp3) is 0.571. The first kappa shape index (κ1) is 8.34. The first-order chi connectivity index (χ1) is 4.41. The number of hydrogen-bond acceptors (Lipinski definition) is 1. The zero-order valence-electron chi connectivity index (χ0n) is 5.47. The Bertz CT molecular complexity index is 88.9. The van der Waals surface area contributed by atoms with E-state index < -0.39 is 0 Å². The van der Waals surface area contributed by atoms with Gasteiger partial charge in [-0.25, -0.2) is 4.99 Å². The minimum absolute atomic E-state index is 0.504. The van der Waals surface area contributed by atoms with Gasteiger partial charge in [0.2, 0.25) is 6.41 Å². The molecular formula is C7H11NO. The Morgan fingerprint density at radius 2 is 2.33 bits per heavy atom. The Labute approximate surface area is 56.0 Å². The molecule has 0 aliphatic rings. The number of carbonyl (C=O) groups is 1. The normalized spacial score (nSPS) is 10.3. The van der Waals surface area contributed by atoms with Crippen molar-refractivity contribution < 1.29 is 4.79 Å². The van der Waals surface area contributed by atoms with Crippen LogP contribution in [-0.4, -0.2) is 12.6 Å². The molecule has 0 heterocycles. The Morgan fingerprint density at radius 1 is 1.56 bits per heavy atom. The lowest BCUT2D eigenvalue weighted by Gasteiger charge is -1.87. The Kier molecular flexibility index (Phi) is 6.80. The van der Waals surface area contributed by atoms with Gasteiger partial charge in [0.25, 0.3) is 0 Å². The number of carbonyl (C=O) groups excluding carboxylic acids is 1. The van der Waals surface area contributed by atoms with Gasteiger partial charge in [0.1, 0.15) is 0 Å². The van der Waals surface area contributed by atoms with E-state index >= 15 is 0 Å². The summed E-state index contributed by atoms with van der Waals surface area (Å²) < 4.78 is 0. The second kappa shape index (κ2) is 7.34. The van der Waals surface area contributed by atoms with Gasteiger partial charge in [0.15, 0.2) is 0 Å². The van der Waals surface area contributed by atoms with Gasteiger partial charge >= 0.3 is 0 Å². The molecule has 9 heavy (non-hydrogen) atoms. The van der Waals surface area contributed by atoms with Crippen LogP contribution in [0.15, 0.2) is 4.99 Å². The van der Waals surface area contributed by atoms with Crippen LogP contribution in [-0.2, 0) is 4.79 Å². The predicted molar refractivity (Wildman–Crippen MR) is 37.3 cm³/mol. The van der Waals surface area contributed by atoms with Gasteiger partial charge in [-0.15, -0.1) is 0 Å². The van der Waals surface area contributed by atoms with E-state index in [1.165, 1.54) is 0 Å². The highest BCUT2D eigenvalue weighted by atomic mass is 16.1. The Hall–Kier alpha value is -0.660. The maximum Gasteiger partial charge on any atom is 0.233 e. The van der Waals surface area contributed by atoms with Crippen molar-refractivity contribution in [1.82, 2.24) is 0 Å². The van der Waals surface area contributed by atoms with E-state index in [2.05, 4.69) is 18.1 Å². The summed E-state index contributed by atoms with van der Waals surface area (Å²) in [5.74, 6) is 0. The number of rotatable bonds is 5. The molecule has 0 aromatic heterocycles. The fourth-order valence-electron chi connectivity index (χ4n) is 0.483. The van der Waals surface area contributed by atoms with Gasteiger partial charge in [0.05, 0.1) is 6.21 Å². The van der Waals surface area contributed by atoms with Crippen LogP contribution in [0.2, 0.25) is 0 Å². The number of amides is 1. The van der Waals surface area contributed by atoms with Gasteiger partial charge in [0, 0.05) is 0 Å². The summed E-state index contributed by atoms with van der Waals surface area (Å²) in [7, 11) is 0. The number of hydrogen-bond donors (Lipinski definition) is 0. The average Bonchev–Trinajstić information content (AvgIpc) is 1.89.